The van der Waals surface area contributed by atoms with Crippen molar-refractivity contribution in [1.82, 2.24) is 0 Å². The summed E-state index contributed by atoms with van der Waals surface area (Å²) < 4.78 is 104. The molecule has 0 aromatic heterocycles. The smallest absolute Gasteiger partial charge is 0.493 e. The monoisotopic (exact) mass is 536 g/mol. The first-order chi connectivity index (χ1) is 18.1. The first kappa shape index (κ1) is 27.3. The van der Waals surface area contributed by atoms with Crippen LogP contribution in [0.2, 0.25) is 0 Å². The van der Waals surface area contributed by atoms with E-state index in [2.05, 4.69) is 4.74 Å². The molecule has 0 N–H and O–H groups in total. The van der Waals surface area contributed by atoms with Gasteiger partial charge in [-0.3, -0.25) is 0 Å². The minimum absolute atomic E-state index is 0.0292. The number of ether oxygens (including phenoxy) is 2. The Morgan fingerprint density at radius 2 is 1.50 bits per heavy atom. The Balaban J connectivity index is 1.52. The second-order valence-electron chi connectivity index (χ2n) is 8.75. The van der Waals surface area contributed by atoms with Crippen LogP contribution in [-0.4, -0.2) is 13.0 Å². The molecule has 0 atom stereocenters. The van der Waals surface area contributed by atoms with Gasteiger partial charge in [-0.05, 0) is 71.7 Å². The summed E-state index contributed by atoms with van der Waals surface area (Å²) in [5.41, 5.74) is 1.18. The van der Waals surface area contributed by atoms with Crippen LogP contribution in [0.5, 0.6) is 11.5 Å². The third kappa shape index (κ3) is 6.38. The lowest BCUT2D eigenvalue weighted by Crippen LogP contribution is -2.19. The molecule has 0 unspecified atom stereocenters. The summed E-state index contributed by atoms with van der Waals surface area (Å²) in [5.74, 6) is -5.13. The van der Waals surface area contributed by atoms with Crippen molar-refractivity contribution in [1.29, 1.82) is 0 Å². The van der Waals surface area contributed by atoms with E-state index in [1.807, 2.05) is 6.92 Å². The summed E-state index contributed by atoms with van der Waals surface area (Å²) in [4.78, 5) is 0. The molecule has 0 saturated carbocycles. The molecule has 0 saturated heterocycles. The first-order valence-corrected chi connectivity index (χ1v) is 11.9. The van der Waals surface area contributed by atoms with Crippen LogP contribution < -0.4 is 9.47 Å². The minimum atomic E-state index is -5.24. The molecule has 4 aromatic carbocycles. The fourth-order valence-electron chi connectivity index (χ4n) is 4.10. The predicted molar refractivity (Wildman–Crippen MR) is 130 cm³/mol. The quantitative estimate of drug-likeness (QED) is 0.157. The Morgan fingerprint density at radius 3 is 2.16 bits per heavy atom. The third-order valence-corrected chi connectivity index (χ3v) is 6.01. The molecule has 0 amide bonds. The van der Waals surface area contributed by atoms with E-state index in [1.165, 1.54) is 18.2 Å². The van der Waals surface area contributed by atoms with Crippen LogP contribution in [0.4, 0.5) is 30.7 Å². The number of fused-ring (bicyclic) bond motifs is 1. The van der Waals surface area contributed by atoms with Crippen molar-refractivity contribution in [2.45, 2.75) is 39.0 Å². The Hall–Kier alpha value is -3.75. The number of unbranched alkanes of at least 4 members (excludes halogenated alkanes) is 1. The van der Waals surface area contributed by atoms with Gasteiger partial charge in [0.2, 0.25) is 5.75 Å². The lowest BCUT2D eigenvalue weighted by atomic mass is 9.97. The van der Waals surface area contributed by atoms with Gasteiger partial charge in [0.15, 0.2) is 11.6 Å². The summed E-state index contributed by atoms with van der Waals surface area (Å²) in [7, 11) is 0. The Bertz CT molecular complexity index is 1420. The molecule has 0 aliphatic heterocycles. The molecule has 0 spiro atoms. The SMILES string of the molecule is CCCCOc1ccc(-c2ccc3c(F)c(CCc4cc(F)c(OC(F)(F)F)c(F)c4)ccc3c2)c(F)c1. The zero-order valence-corrected chi connectivity index (χ0v) is 20.3. The number of halogens is 7. The average Bonchev–Trinajstić information content (AvgIpc) is 2.85. The molecular formula is C29H23F7O2. The van der Waals surface area contributed by atoms with Gasteiger partial charge in [0.1, 0.15) is 17.4 Å². The van der Waals surface area contributed by atoms with Gasteiger partial charge in [0.25, 0.3) is 0 Å². The van der Waals surface area contributed by atoms with E-state index in [1.54, 1.807) is 30.3 Å². The fourth-order valence-corrected chi connectivity index (χ4v) is 4.10. The summed E-state index contributed by atoms with van der Waals surface area (Å²) in [6.45, 7) is 2.52. The lowest BCUT2D eigenvalue weighted by Gasteiger charge is -2.12. The summed E-state index contributed by atoms with van der Waals surface area (Å²) in [5, 5.41) is 0.801. The molecule has 0 bridgehead atoms. The highest BCUT2D eigenvalue weighted by Crippen LogP contribution is 2.32. The third-order valence-electron chi connectivity index (χ3n) is 6.01. The van der Waals surface area contributed by atoms with Crippen molar-refractivity contribution in [2.24, 2.45) is 0 Å². The number of rotatable bonds is 9. The summed E-state index contributed by atoms with van der Waals surface area (Å²) >= 11 is 0. The highest BCUT2D eigenvalue weighted by molar-refractivity contribution is 5.88. The molecule has 2 nitrogen and oxygen atoms in total. The first-order valence-electron chi connectivity index (χ1n) is 11.9. The Kier molecular flexibility index (Phi) is 8.14. The molecule has 200 valence electrons. The topological polar surface area (TPSA) is 18.5 Å². The van der Waals surface area contributed by atoms with E-state index >= 15 is 4.39 Å². The zero-order chi connectivity index (χ0) is 27.4. The minimum Gasteiger partial charge on any atom is -0.493 e. The molecule has 0 fully saturated rings. The van der Waals surface area contributed by atoms with Crippen molar-refractivity contribution in [3.63, 3.8) is 0 Å². The van der Waals surface area contributed by atoms with Crippen LogP contribution >= 0.6 is 0 Å². The maximum absolute atomic E-state index is 15.2. The van der Waals surface area contributed by atoms with Crippen LogP contribution in [0.25, 0.3) is 21.9 Å². The fraction of sp³-hybridized carbons (Fsp3) is 0.241. The number of alkyl halides is 3. The van der Waals surface area contributed by atoms with E-state index in [-0.39, 0.29) is 29.4 Å². The largest absolute Gasteiger partial charge is 0.573 e. The van der Waals surface area contributed by atoms with E-state index < -0.39 is 35.4 Å². The molecule has 4 aromatic rings. The summed E-state index contributed by atoms with van der Waals surface area (Å²) in [6, 6.07) is 14.0. The van der Waals surface area contributed by atoms with Gasteiger partial charge in [-0.25, -0.2) is 17.6 Å². The average molecular weight is 536 g/mol. The predicted octanol–water partition coefficient (Wildman–Crippen LogP) is 8.93. The van der Waals surface area contributed by atoms with Crippen LogP contribution in [0.3, 0.4) is 0 Å². The molecule has 0 radical (unpaired) electrons. The molecular weight excluding hydrogens is 513 g/mol. The van der Waals surface area contributed by atoms with Gasteiger partial charge < -0.3 is 9.47 Å². The van der Waals surface area contributed by atoms with Gasteiger partial charge in [-0.2, -0.15) is 0 Å². The number of benzene rings is 4. The molecule has 0 aliphatic rings. The number of aryl methyl sites for hydroxylation is 2. The van der Waals surface area contributed by atoms with E-state index in [0.29, 0.717) is 28.9 Å². The second kappa shape index (κ2) is 11.3. The highest BCUT2D eigenvalue weighted by atomic mass is 19.4. The van der Waals surface area contributed by atoms with E-state index in [4.69, 9.17) is 4.74 Å². The van der Waals surface area contributed by atoms with Crippen LogP contribution in [0.15, 0.2) is 60.7 Å². The van der Waals surface area contributed by atoms with Crippen molar-refractivity contribution in [3.05, 3.63) is 95.1 Å². The second-order valence-corrected chi connectivity index (χ2v) is 8.75. The highest BCUT2D eigenvalue weighted by Gasteiger charge is 2.34. The molecule has 9 heteroatoms. The van der Waals surface area contributed by atoms with Gasteiger partial charge in [0.05, 0.1) is 6.61 Å². The molecule has 0 aliphatic carbocycles. The Labute approximate surface area is 214 Å². The van der Waals surface area contributed by atoms with E-state index in [0.717, 1.165) is 25.0 Å². The van der Waals surface area contributed by atoms with Crippen molar-refractivity contribution >= 4 is 10.8 Å². The molecule has 4 rings (SSSR count). The normalized spacial score (nSPS) is 11.7. The number of hydrogen-bond acceptors (Lipinski definition) is 2. The maximum Gasteiger partial charge on any atom is 0.573 e. The van der Waals surface area contributed by atoms with Crippen LogP contribution in [0, 0.1) is 23.3 Å². The Morgan fingerprint density at radius 1 is 0.763 bits per heavy atom. The van der Waals surface area contributed by atoms with E-state index in [9.17, 15) is 26.3 Å². The molecule has 0 heterocycles. The van der Waals surface area contributed by atoms with Crippen molar-refractivity contribution < 1.29 is 40.2 Å². The van der Waals surface area contributed by atoms with Crippen LogP contribution in [-0.2, 0) is 12.8 Å². The van der Waals surface area contributed by atoms with Gasteiger partial charge in [-0.15, -0.1) is 13.2 Å². The zero-order valence-electron chi connectivity index (χ0n) is 20.3. The van der Waals surface area contributed by atoms with Gasteiger partial charge in [0, 0.05) is 17.0 Å². The summed E-state index contributed by atoms with van der Waals surface area (Å²) in [6.07, 6.45) is -3.41. The lowest BCUT2D eigenvalue weighted by molar-refractivity contribution is -0.276. The van der Waals surface area contributed by atoms with Gasteiger partial charge in [-0.1, -0.05) is 37.6 Å². The van der Waals surface area contributed by atoms with Crippen LogP contribution in [0.1, 0.15) is 30.9 Å². The molecule has 38 heavy (non-hydrogen) atoms. The maximum atomic E-state index is 15.2. The number of hydrogen-bond donors (Lipinski definition) is 0. The standard InChI is InChI=1S/C29H23F7O2/c1-2-3-12-37-21-9-11-22(24(30)16-21)19-8-10-23-20(15-19)7-6-18(27(23)33)5-4-17-13-25(31)28(26(32)14-17)38-29(34,35)36/h6-11,13-16H,2-5,12H2,1H3. The van der Waals surface area contributed by atoms with Gasteiger partial charge >= 0.3 is 6.36 Å². The van der Waals surface area contributed by atoms with Crippen molar-refractivity contribution in [2.75, 3.05) is 6.61 Å². The van der Waals surface area contributed by atoms with Crippen molar-refractivity contribution in [3.8, 4) is 22.6 Å².